The molecule has 0 radical (unpaired) electrons. The van der Waals surface area contributed by atoms with Crippen LogP contribution in [0.4, 0.5) is 0 Å². The molecule has 0 aromatic heterocycles. The summed E-state index contributed by atoms with van der Waals surface area (Å²) >= 11 is 0. The summed E-state index contributed by atoms with van der Waals surface area (Å²) in [5, 5.41) is 20.0. The summed E-state index contributed by atoms with van der Waals surface area (Å²) in [4.78, 5) is 0. The van der Waals surface area contributed by atoms with Crippen molar-refractivity contribution in [1.29, 1.82) is 0 Å². The molecule has 0 aliphatic rings. The van der Waals surface area contributed by atoms with E-state index in [1.807, 2.05) is 26.0 Å². The Morgan fingerprint density at radius 3 is 1.11 bits per heavy atom. The number of rotatable bonds is 22. The number of phenolic OH excluding ortho intramolecular Hbond substituents is 2. The van der Waals surface area contributed by atoms with Crippen LogP contribution in [-0.2, 0) is 0 Å². The quantitative estimate of drug-likeness (QED) is 0.151. The maximum atomic E-state index is 9.99. The molecule has 0 saturated carbocycles. The lowest BCUT2D eigenvalue weighted by Gasteiger charge is -2.20. The van der Waals surface area contributed by atoms with Gasteiger partial charge in [-0.2, -0.15) is 0 Å². The molecule has 214 valence electrons. The highest BCUT2D eigenvalue weighted by molar-refractivity contribution is 5.43. The molecule has 0 aliphatic heterocycles. The second-order valence-electron chi connectivity index (χ2n) is 11.8. The Bertz CT molecular complexity index is 820. The lowest BCUT2D eigenvalue weighted by atomic mass is 9.85. The largest absolute Gasteiger partial charge is 0.508 e. The highest BCUT2D eigenvalue weighted by Crippen LogP contribution is 2.34. The van der Waals surface area contributed by atoms with Crippen LogP contribution in [0.5, 0.6) is 11.5 Å². The Balaban J connectivity index is 1.53. The van der Waals surface area contributed by atoms with Crippen molar-refractivity contribution in [3.05, 3.63) is 58.7 Å². The topological polar surface area (TPSA) is 40.5 Å². The van der Waals surface area contributed by atoms with E-state index >= 15 is 0 Å². The van der Waals surface area contributed by atoms with E-state index in [-0.39, 0.29) is 0 Å². The van der Waals surface area contributed by atoms with E-state index in [0.29, 0.717) is 17.4 Å². The zero-order valence-electron chi connectivity index (χ0n) is 25.1. The predicted octanol–water partition coefficient (Wildman–Crippen LogP) is 11.7. The molecule has 0 unspecified atom stereocenters. The fourth-order valence-electron chi connectivity index (χ4n) is 5.74. The van der Waals surface area contributed by atoms with Crippen LogP contribution < -0.4 is 0 Å². The first-order valence-electron chi connectivity index (χ1n) is 16.1. The number of hydrogen-bond donors (Lipinski definition) is 2. The minimum absolute atomic E-state index is 0.305. The number of unbranched alkanes of at least 4 members (excludes halogenated alkanes) is 18. The van der Waals surface area contributed by atoms with E-state index in [4.69, 9.17) is 0 Å². The molecule has 2 aromatic rings. The van der Waals surface area contributed by atoms with Crippen LogP contribution in [0.25, 0.3) is 0 Å². The molecule has 2 nitrogen and oxygen atoms in total. The molecule has 38 heavy (non-hydrogen) atoms. The first kappa shape index (κ1) is 32.3. The molecule has 2 N–H and O–H groups in total. The van der Waals surface area contributed by atoms with Gasteiger partial charge in [-0.1, -0.05) is 153 Å². The van der Waals surface area contributed by atoms with E-state index in [9.17, 15) is 10.2 Å². The fraction of sp³-hybridized carbons (Fsp3) is 0.667. The van der Waals surface area contributed by atoms with Crippen LogP contribution in [0.2, 0.25) is 0 Å². The summed E-state index contributed by atoms with van der Waals surface area (Å²) in [7, 11) is 0. The Kier molecular flexibility index (Phi) is 17.0. The Morgan fingerprint density at radius 1 is 0.474 bits per heavy atom. The fourth-order valence-corrected chi connectivity index (χ4v) is 5.74. The minimum Gasteiger partial charge on any atom is -0.508 e. The van der Waals surface area contributed by atoms with Gasteiger partial charge in [0.2, 0.25) is 0 Å². The number of benzene rings is 2. The van der Waals surface area contributed by atoms with Gasteiger partial charge >= 0.3 is 0 Å². The van der Waals surface area contributed by atoms with Crippen molar-refractivity contribution < 1.29 is 10.2 Å². The summed E-state index contributed by atoms with van der Waals surface area (Å²) < 4.78 is 0. The van der Waals surface area contributed by atoms with Gasteiger partial charge in [0.15, 0.2) is 0 Å². The molecule has 2 rings (SSSR count). The van der Waals surface area contributed by atoms with Crippen LogP contribution in [0, 0.1) is 13.8 Å². The third-order valence-corrected chi connectivity index (χ3v) is 8.34. The van der Waals surface area contributed by atoms with Gasteiger partial charge in [-0.15, -0.1) is 0 Å². The van der Waals surface area contributed by atoms with Gasteiger partial charge < -0.3 is 10.2 Å². The SMILES string of the molecule is CCCCCCCCCCCCCCCCCCCCCC(c1ccc(O)c(C)c1)c1ccc(O)c(C)c1. The van der Waals surface area contributed by atoms with Crippen molar-refractivity contribution in [3.63, 3.8) is 0 Å². The highest BCUT2D eigenvalue weighted by atomic mass is 16.3. The number of aryl methyl sites for hydroxylation is 2. The zero-order valence-corrected chi connectivity index (χ0v) is 25.1. The molecular formula is C36H58O2. The monoisotopic (exact) mass is 522 g/mol. The van der Waals surface area contributed by atoms with Gasteiger partial charge in [-0.25, -0.2) is 0 Å². The summed E-state index contributed by atoms with van der Waals surface area (Å²) in [5.74, 6) is 1.02. The maximum absolute atomic E-state index is 9.99. The zero-order chi connectivity index (χ0) is 27.4. The first-order chi connectivity index (χ1) is 18.5. The number of aromatic hydroxyl groups is 2. The summed E-state index contributed by atoms with van der Waals surface area (Å²) in [6.45, 7) is 6.23. The van der Waals surface area contributed by atoms with Crippen molar-refractivity contribution in [2.24, 2.45) is 0 Å². The molecule has 0 amide bonds. The molecule has 2 heteroatoms. The van der Waals surface area contributed by atoms with Crippen molar-refractivity contribution in [2.45, 2.75) is 155 Å². The van der Waals surface area contributed by atoms with Gasteiger partial charge in [-0.05, 0) is 54.7 Å². The average Bonchev–Trinajstić information content (AvgIpc) is 2.91. The lowest BCUT2D eigenvalue weighted by molar-refractivity contribution is 0.470. The standard InChI is InChI=1S/C36H58O2/c1-4-5-6-7-8-9-10-11-12-13-14-15-16-17-18-19-20-21-22-23-34(32-24-26-35(37)30(2)28-32)33-25-27-36(38)31(3)29-33/h24-29,34,37-38H,4-23H2,1-3H3. The van der Waals surface area contributed by atoms with Gasteiger partial charge in [0.1, 0.15) is 11.5 Å². The Labute approximate surface area is 235 Å². The van der Waals surface area contributed by atoms with Gasteiger partial charge in [0.25, 0.3) is 0 Å². The van der Waals surface area contributed by atoms with E-state index < -0.39 is 0 Å². The van der Waals surface area contributed by atoms with Crippen LogP contribution in [0.3, 0.4) is 0 Å². The molecular weight excluding hydrogens is 464 g/mol. The molecule has 0 spiro atoms. The summed E-state index contributed by atoms with van der Waals surface area (Å²) in [5.41, 5.74) is 4.37. The molecule has 0 bridgehead atoms. The van der Waals surface area contributed by atoms with Crippen LogP contribution in [0.1, 0.15) is 164 Å². The van der Waals surface area contributed by atoms with Crippen LogP contribution in [0.15, 0.2) is 36.4 Å². The summed E-state index contributed by atoms with van der Waals surface area (Å²) in [6.07, 6.45) is 27.7. The average molecular weight is 523 g/mol. The van der Waals surface area contributed by atoms with Crippen LogP contribution >= 0.6 is 0 Å². The second kappa shape index (κ2) is 20.0. The van der Waals surface area contributed by atoms with E-state index in [1.165, 1.54) is 133 Å². The van der Waals surface area contributed by atoms with Gasteiger partial charge in [0.05, 0.1) is 0 Å². The highest BCUT2D eigenvalue weighted by Gasteiger charge is 2.16. The summed E-state index contributed by atoms with van der Waals surface area (Å²) in [6, 6.07) is 12.0. The Hall–Kier alpha value is -1.96. The van der Waals surface area contributed by atoms with Crippen molar-refractivity contribution >= 4 is 0 Å². The van der Waals surface area contributed by atoms with E-state index in [0.717, 1.165) is 17.5 Å². The normalized spacial score (nSPS) is 11.5. The number of hydrogen-bond acceptors (Lipinski definition) is 2. The maximum Gasteiger partial charge on any atom is 0.118 e. The van der Waals surface area contributed by atoms with Crippen molar-refractivity contribution in [3.8, 4) is 11.5 Å². The molecule has 0 heterocycles. The first-order valence-corrected chi connectivity index (χ1v) is 16.1. The van der Waals surface area contributed by atoms with E-state index in [2.05, 4.69) is 31.2 Å². The molecule has 0 atom stereocenters. The third kappa shape index (κ3) is 13.2. The number of phenols is 2. The predicted molar refractivity (Wildman–Crippen MR) is 166 cm³/mol. The van der Waals surface area contributed by atoms with Gasteiger partial charge in [-0.3, -0.25) is 0 Å². The molecule has 0 saturated heterocycles. The molecule has 0 aliphatic carbocycles. The second-order valence-corrected chi connectivity index (χ2v) is 11.8. The lowest BCUT2D eigenvalue weighted by Crippen LogP contribution is -2.02. The van der Waals surface area contributed by atoms with Crippen molar-refractivity contribution in [2.75, 3.05) is 0 Å². The molecule has 2 aromatic carbocycles. The Morgan fingerprint density at radius 2 is 0.789 bits per heavy atom. The van der Waals surface area contributed by atoms with E-state index in [1.54, 1.807) is 0 Å². The van der Waals surface area contributed by atoms with Crippen molar-refractivity contribution in [1.82, 2.24) is 0 Å². The minimum atomic E-state index is 0.305. The van der Waals surface area contributed by atoms with Crippen LogP contribution in [-0.4, -0.2) is 10.2 Å². The third-order valence-electron chi connectivity index (χ3n) is 8.34. The van der Waals surface area contributed by atoms with Gasteiger partial charge in [0, 0.05) is 5.92 Å². The molecule has 0 fully saturated rings. The smallest absolute Gasteiger partial charge is 0.118 e.